The van der Waals surface area contributed by atoms with Gasteiger partial charge in [0.25, 0.3) is 0 Å². The number of rotatable bonds is 10. The Balaban J connectivity index is 2.10. The van der Waals surface area contributed by atoms with Crippen molar-refractivity contribution in [3.63, 3.8) is 0 Å². The highest BCUT2D eigenvalue weighted by Gasteiger charge is 2.02. The summed E-state index contributed by atoms with van der Waals surface area (Å²) in [5.74, 6) is 2.02. The summed E-state index contributed by atoms with van der Waals surface area (Å²) in [7, 11) is 0. The Morgan fingerprint density at radius 3 is 1.95 bits per heavy atom. The molecule has 1 nitrogen and oxygen atoms in total. The third kappa shape index (κ3) is 7.03. The van der Waals surface area contributed by atoms with E-state index in [1.54, 1.807) is 0 Å². The van der Waals surface area contributed by atoms with Crippen molar-refractivity contribution < 1.29 is 4.74 Å². The van der Waals surface area contributed by atoms with Gasteiger partial charge in [-0.15, -0.1) is 0 Å². The Labute approximate surface area is 138 Å². The van der Waals surface area contributed by atoms with E-state index in [4.69, 9.17) is 4.74 Å². The lowest BCUT2D eigenvalue weighted by Crippen LogP contribution is -1.98. The minimum Gasteiger partial charge on any atom is -0.494 e. The summed E-state index contributed by atoms with van der Waals surface area (Å²) in [6.45, 7) is 5.04. The van der Waals surface area contributed by atoms with E-state index in [2.05, 4.69) is 54.5 Å². The molecule has 0 saturated carbocycles. The molecule has 0 aliphatic rings. The summed E-state index contributed by atoms with van der Waals surface area (Å²) in [5.41, 5.74) is 2.48. The van der Waals surface area contributed by atoms with Crippen LogP contribution in [-0.4, -0.2) is 12.4 Å². The predicted molar refractivity (Wildman–Crippen MR) is 95.3 cm³/mol. The van der Waals surface area contributed by atoms with Crippen LogP contribution >= 0.6 is 28.6 Å². The fraction of sp³-hybridized carbons (Fsp3) is 0.647. The van der Waals surface area contributed by atoms with Crippen LogP contribution in [0.2, 0.25) is 0 Å². The Kier molecular flexibility index (Phi) is 9.45. The average molecular weight is 359 g/mol. The van der Waals surface area contributed by atoms with Gasteiger partial charge in [-0.3, -0.25) is 0 Å². The van der Waals surface area contributed by atoms with Gasteiger partial charge in [-0.1, -0.05) is 48.0 Å². The first kappa shape index (κ1) is 17.9. The van der Waals surface area contributed by atoms with Crippen molar-refractivity contribution in [2.24, 2.45) is 0 Å². The topological polar surface area (TPSA) is 9.23 Å². The maximum absolute atomic E-state index is 5.84. The monoisotopic (exact) mass is 358 g/mol. The van der Waals surface area contributed by atoms with Crippen LogP contribution in [0.25, 0.3) is 0 Å². The normalized spacial score (nSPS) is 10.8. The minimum absolute atomic E-state index is 0.831. The second-order valence-electron chi connectivity index (χ2n) is 5.42. The van der Waals surface area contributed by atoms with Gasteiger partial charge in [0.05, 0.1) is 6.61 Å². The molecule has 0 saturated heterocycles. The molecule has 0 radical (unpaired) electrons. The van der Waals surface area contributed by atoms with Gasteiger partial charge in [0.15, 0.2) is 0 Å². The third-order valence-electron chi connectivity index (χ3n) is 3.48. The van der Waals surface area contributed by atoms with Crippen molar-refractivity contribution in [3.8, 4) is 5.75 Å². The number of hydrogen-bond acceptors (Lipinski definition) is 2. The molecule has 0 aliphatic carbocycles. The van der Waals surface area contributed by atoms with Gasteiger partial charge in [0.1, 0.15) is 5.75 Å². The van der Waals surface area contributed by atoms with Crippen LogP contribution in [0.3, 0.4) is 0 Å². The van der Waals surface area contributed by atoms with Crippen LogP contribution < -0.4 is 4.74 Å². The fourth-order valence-corrected chi connectivity index (χ4v) is 2.73. The van der Waals surface area contributed by atoms with Crippen LogP contribution in [0.1, 0.15) is 56.1 Å². The highest BCUT2D eigenvalue weighted by Crippen LogP contribution is 2.26. The summed E-state index contributed by atoms with van der Waals surface area (Å²) >= 11 is 7.81. The van der Waals surface area contributed by atoms with E-state index in [0.29, 0.717) is 0 Å². The average Bonchev–Trinajstić information content (AvgIpc) is 2.43. The van der Waals surface area contributed by atoms with E-state index in [1.165, 1.54) is 54.1 Å². The van der Waals surface area contributed by atoms with Gasteiger partial charge < -0.3 is 4.74 Å². The fourth-order valence-electron chi connectivity index (χ4n) is 2.28. The maximum atomic E-state index is 5.84. The number of ether oxygens (including phenoxy) is 1. The molecule has 0 unspecified atom stereocenters. The van der Waals surface area contributed by atoms with Crippen molar-refractivity contribution in [1.82, 2.24) is 0 Å². The SMILES string of the molecule is Cc1cc(OCCCCCCCCCS)cc(C)c1Br. The highest BCUT2D eigenvalue weighted by atomic mass is 79.9. The molecular weight excluding hydrogens is 332 g/mol. The van der Waals surface area contributed by atoms with Crippen molar-refractivity contribution in [1.29, 1.82) is 0 Å². The maximum Gasteiger partial charge on any atom is 0.119 e. The molecule has 0 aromatic heterocycles. The Bertz CT molecular complexity index is 370. The van der Waals surface area contributed by atoms with Crippen molar-refractivity contribution in [2.75, 3.05) is 12.4 Å². The van der Waals surface area contributed by atoms with Gasteiger partial charge in [0.2, 0.25) is 0 Å². The van der Waals surface area contributed by atoms with Crippen LogP contribution in [0.15, 0.2) is 16.6 Å². The summed E-state index contributed by atoms with van der Waals surface area (Å²) in [5, 5.41) is 0. The second-order valence-corrected chi connectivity index (χ2v) is 6.66. The van der Waals surface area contributed by atoms with Gasteiger partial charge in [0, 0.05) is 4.47 Å². The van der Waals surface area contributed by atoms with E-state index >= 15 is 0 Å². The Morgan fingerprint density at radius 2 is 1.40 bits per heavy atom. The standard InChI is InChI=1S/C17H27BrOS/c1-14-12-16(13-15(2)17(14)18)19-10-8-6-4-3-5-7-9-11-20/h12-13,20H,3-11H2,1-2H3. The van der Waals surface area contributed by atoms with Gasteiger partial charge in [-0.2, -0.15) is 12.6 Å². The number of benzene rings is 1. The van der Waals surface area contributed by atoms with E-state index in [0.717, 1.165) is 24.5 Å². The van der Waals surface area contributed by atoms with Crippen LogP contribution in [0.5, 0.6) is 5.75 Å². The van der Waals surface area contributed by atoms with E-state index < -0.39 is 0 Å². The van der Waals surface area contributed by atoms with Crippen LogP contribution in [-0.2, 0) is 0 Å². The first-order valence-corrected chi connectivity index (χ1v) is 9.08. The molecule has 1 rings (SSSR count). The molecule has 1 aromatic carbocycles. The zero-order chi connectivity index (χ0) is 14.8. The lowest BCUT2D eigenvalue weighted by molar-refractivity contribution is 0.304. The molecule has 20 heavy (non-hydrogen) atoms. The number of halogens is 1. The second kappa shape index (κ2) is 10.6. The molecule has 0 amide bonds. The van der Waals surface area contributed by atoms with Gasteiger partial charge in [-0.05, 0) is 55.7 Å². The zero-order valence-electron chi connectivity index (χ0n) is 12.8. The Hall–Kier alpha value is -0.150. The minimum atomic E-state index is 0.831. The van der Waals surface area contributed by atoms with Gasteiger partial charge >= 0.3 is 0 Å². The van der Waals surface area contributed by atoms with Crippen molar-refractivity contribution in [2.45, 2.75) is 58.8 Å². The highest BCUT2D eigenvalue weighted by molar-refractivity contribution is 9.10. The lowest BCUT2D eigenvalue weighted by Gasteiger charge is -2.10. The molecule has 114 valence electrons. The number of unbranched alkanes of at least 4 members (excludes halogenated alkanes) is 6. The van der Waals surface area contributed by atoms with E-state index in [-0.39, 0.29) is 0 Å². The summed E-state index contributed by atoms with van der Waals surface area (Å²) in [4.78, 5) is 0. The van der Waals surface area contributed by atoms with Crippen LogP contribution in [0.4, 0.5) is 0 Å². The van der Waals surface area contributed by atoms with Gasteiger partial charge in [-0.25, -0.2) is 0 Å². The van der Waals surface area contributed by atoms with Crippen LogP contribution in [0, 0.1) is 13.8 Å². The summed E-state index contributed by atoms with van der Waals surface area (Å²) in [6, 6.07) is 4.21. The molecule has 1 aromatic rings. The molecule has 0 heterocycles. The molecule has 0 fully saturated rings. The molecule has 0 N–H and O–H groups in total. The molecule has 0 aliphatic heterocycles. The first-order valence-electron chi connectivity index (χ1n) is 7.65. The van der Waals surface area contributed by atoms with Crippen molar-refractivity contribution in [3.05, 3.63) is 27.7 Å². The van der Waals surface area contributed by atoms with E-state index in [9.17, 15) is 0 Å². The largest absolute Gasteiger partial charge is 0.494 e. The number of hydrogen-bond donors (Lipinski definition) is 1. The molecule has 3 heteroatoms. The lowest BCUT2D eigenvalue weighted by atomic mass is 10.1. The quantitative estimate of drug-likeness (QED) is 0.392. The molecule has 0 spiro atoms. The number of aryl methyl sites for hydroxylation is 2. The Morgan fingerprint density at radius 1 is 0.900 bits per heavy atom. The summed E-state index contributed by atoms with van der Waals surface area (Å²) < 4.78 is 7.02. The van der Waals surface area contributed by atoms with Crippen molar-refractivity contribution >= 4 is 28.6 Å². The number of thiol groups is 1. The molecular formula is C17H27BrOS. The zero-order valence-corrected chi connectivity index (χ0v) is 15.2. The first-order chi connectivity index (χ1) is 9.65. The smallest absolute Gasteiger partial charge is 0.119 e. The summed E-state index contributed by atoms with van der Waals surface area (Å²) in [6.07, 6.45) is 9.05. The van der Waals surface area contributed by atoms with E-state index in [1.807, 2.05) is 0 Å². The molecule has 0 atom stereocenters. The molecule has 0 bridgehead atoms. The predicted octanol–water partition coefficient (Wildman–Crippen LogP) is 6.11. The third-order valence-corrected chi connectivity index (χ3v) is 5.05.